The smallest absolute Gasteiger partial charge is 0.227 e. The van der Waals surface area contributed by atoms with Gasteiger partial charge in [0.15, 0.2) is 0 Å². The molecule has 2 rings (SSSR count). The SMILES string of the molecule is Cc1cccc(N2CC(C(=O)NCCC(C)N)CC2=O)c1C.Cl. The first-order chi connectivity index (χ1) is 10.4. The number of carbonyl (C=O) groups is 2. The molecule has 0 aliphatic carbocycles. The highest BCUT2D eigenvalue weighted by molar-refractivity contribution is 6.00. The van der Waals surface area contributed by atoms with Gasteiger partial charge in [-0.2, -0.15) is 0 Å². The lowest BCUT2D eigenvalue weighted by atomic mass is 10.1. The van der Waals surface area contributed by atoms with Crippen molar-refractivity contribution in [1.29, 1.82) is 0 Å². The van der Waals surface area contributed by atoms with Crippen LogP contribution in [-0.4, -0.2) is 30.9 Å². The van der Waals surface area contributed by atoms with Crippen molar-refractivity contribution in [2.75, 3.05) is 18.0 Å². The number of nitrogens with one attached hydrogen (secondary N) is 1. The standard InChI is InChI=1S/C17H25N3O2.ClH/c1-11-5-4-6-15(13(11)3)20-10-14(9-16(20)21)17(22)19-8-7-12(2)18;/h4-6,12,14H,7-10,18H2,1-3H3,(H,19,22);1H. The molecule has 1 aromatic rings. The highest BCUT2D eigenvalue weighted by Gasteiger charge is 2.35. The van der Waals surface area contributed by atoms with Crippen LogP contribution in [0.4, 0.5) is 5.69 Å². The van der Waals surface area contributed by atoms with Crippen molar-refractivity contribution in [3.8, 4) is 0 Å². The van der Waals surface area contributed by atoms with Gasteiger partial charge in [-0.1, -0.05) is 12.1 Å². The first kappa shape index (κ1) is 19.5. The van der Waals surface area contributed by atoms with Gasteiger partial charge >= 0.3 is 0 Å². The van der Waals surface area contributed by atoms with Crippen molar-refractivity contribution in [2.24, 2.45) is 11.7 Å². The fourth-order valence-electron chi connectivity index (χ4n) is 2.71. The molecule has 0 radical (unpaired) electrons. The maximum Gasteiger partial charge on any atom is 0.227 e. The van der Waals surface area contributed by atoms with E-state index in [2.05, 4.69) is 5.32 Å². The fourth-order valence-corrected chi connectivity index (χ4v) is 2.71. The maximum absolute atomic E-state index is 12.3. The lowest BCUT2D eigenvalue weighted by Crippen LogP contribution is -2.35. The molecule has 2 amide bonds. The van der Waals surface area contributed by atoms with Gasteiger partial charge in [0.2, 0.25) is 11.8 Å². The van der Waals surface area contributed by atoms with E-state index in [-0.39, 0.29) is 42.6 Å². The summed E-state index contributed by atoms with van der Waals surface area (Å²) in [6.45, 7) is 6.96. The highest BCUT2D eigenvalue weighted by Crippen LogP contribution is 2.29. The monoisotopic (exact) mass is 339 g/mol. The Kier molecular flexibility index (Phi) is 7.03. The van der Waals surface area contributed by atoms with Crippen LogP contribution in [0.5, 0.6) is 0 Å². The van der Waals surface area contributed by atoms with Gasteiger partial charge in [-0.25, -0.2) is 0 Å². The molecule has 6 heteroatoms. The van der Waals surface area contributed by atoms with Crippen molar-refractivity contribution in [3.05, 3.63) is 29.3 Å². The quantitative estimate of drug-likeness (QED) is 0.860. The summed E-state index contributed by atoms with van der Waals surface area (Å²) in [4.78, 5) is 26.2. The zero-order valence-corrected chi connectivity index (χ0v) is 14.8. The van der Waals surface area contributed by atoms with E-state index in [4.69, 9.17) is 5.73 Å². The number of anilines is 1. The Bertz CT molecular complexity index is 575. The van der Waals surface area contributed by atoms with Gasteiger partial charge in [0.25, 0.3) is 0 Å². The second-order valence-electron chi connectivity index (χ2n) is 6.18. The molecule has 23 heavy (non-hydrogen) atoms. The number of nitrogens with two attached hydrogens (primary N) is 1. The van der Waals surface area contributed by atoms with Crippen molar-refractivity contribution in [1.82, 2.24) is 5.32 Å². The molecule has 0 bridgehead atoms. The number of aryl methyl sites for hydroxylation is 1. The average molecular weight is 340 g/mol. The fraction of sp³-hybridized carbons (Fsp3) is 0.529. The van der Waals surface area contributed by atoms with Crippen LogP contribution < -0.4 is 16.0 Å². The molecule has 1 aliphatic heterocycles. The molecule has 2 atom stereocenters. The summed E-state index contributed by atoms with van der Waals surface area (Å²) < 4.78 is 0. The summed E-state index contributed by atoms with van der Waals surface area (Å²) in [6, 6.07) is 5.98. The zero-order chi connectivity index (χ0) is 16.3. The van der Waals surface area contributed by atoms with E-state index in [0.29, 0.717) is 13.1 Å². The molecule has 5 nitrogen and oxygen atoms in total. The van der Waals surface area contributed by atoms with E-state index >= 15 is 0 Å². The minimum atomic E-state index is -0.277. The molecule has 0 saturated carbocycles. The van der Waals surface area contributed by atoms with Gasteiger partial charge in [0.05, 0.1) is 5.92 Å². The number of carbonyl (C=O) groups excluding carboxylic acids is 2. The number of halogens is 1. The van der Waals surface area contributed by atoms with Gasteiger partial charge in [0.1, 0.15) is 0 Å². The first-order valence-electron chi connectivity index (χ1n) is 7.80. The molecule has 1 aliphatic rings. The zero-order valence-electron chi connectivity index (χ0n) is 14.0. The lowest BCUT2D eigenvalue weighted by molar-refractivity contribution is -0.126. The summed E-state index contributed by atoms with van der Waals surface area (Å²) in [5.74, 6) is -0.316. The van der Waals surface area contributed by atoms with Crippen LogP contribution in [0.1, 0.15) is 30.9 Å². The number of rotatable bonds is 5. The number of nitrogens with zero attached hydrogens (tertiary/aromatic N) is 1. The second-order valence-corrected chi connectivity index (χ2v) is 6.18. The predicted molar refractivity (Wildman–Crippen MR) is 94.9 cm³/mol. The number of hydrogen-bond acceptors (Lipinski definition) is 3. The largest absolute Gasteiger partial charge is 0.356 e. The Hall–Kier alpha value is -1.59. The number of benzene rings is 1. The van der Waals surface area contributed by atoms with Crippen LogP contribution in [0.3, 0.4) is 0 Å². The minimum Gasteiger partial charge on any atom is -0.356 e. The third-order valence-electron chi connectivity index (χ3n) is 4.26. The summed E-state index contributed by atoms with van der Waals surface area (Å²) in [5.41, 5.74) is 8.82. The third-order valence-corrected chi connectivity index (χ3v) is 4.26. The van der Waals surface area contributed by atoms with Gasteiger partial charge in [0, 0.05) is 31.2 Å². The highest BCUT2D eigenvalue weighted by atomic mass is 35.5. The summed E-state index contributed by atoms with van der Waals surface area (Å²) in [6.07, 6.45) is 1.02. The predicted octanol–water partition coefficient (Wildman–Crippen LogP) is 1.93. The topological polar surface area (TPSA) is 75.4 Å². The Morgan fingerprint density at radius 2 is 2.13 bits per heavy atom. The van der Waals surface area contributed by atoms with Crippen LogP contribution in [0.15, 0.2) is 18.2 Å². The summed E-state index contributed by atoms with van der Waals surface area (Å²) >= 11 is 0. The van der Waals surface area contributed by atoms with Crippen LogP contribution in [0, 0.1) is 19.8 Å². The Morgan fingerprint density at radius 1 is 1.43 bits per heavy atom. The van der Waals surface area contributed by atoms with E-state index < -0.39 is 0 Å². The van der Waals surface area contributed by atoms with Crippen LogP contribution in [-0.2, 0) is 9.59 Å². The molecule has 0 spiro atoms. The molecule has 0 aromatic heterocycles. The molecular formula is C17H26ClN3O2. The average Bonchev–Trinajstić information content (AvgIpc) is 2.83. The first-order valence-corrected chi connectivity index (χ1v) is 7.80. The summed E-state index contributed by atoms with van der Waals surface area (Å²) in [5, 5.41) is 2.88. The van der Waals surface area contributed by atoms with Gasteiger partial charge in [-0.15, -0.1) is 12.4 Å². The van der Waals surface area contributed by atoms with Crippen molar-refractivity contribution in [2.45, 2.75) is 39.7 Å². The van der Waals surface area contributed by atoms with Crippen LogP contribution in [0.25, 0.3) is 0 Å². The molecule has 2 unspecified atom stereocenters. The second kappa shape index (κ2) is 8.31. The van der Waals surface area contributed by atoms with E-state index in [0.717, 1.165) is 23.2 Å². The van der Waals surface area contributed by atoms with Crippen LogP contribution >= 0.6 is 12.4 Å². The van der Waals surface area contributed by atoms with Gasteiger partial charge in [-0.05, 0) is 44.4 Å². The number of hydrogen-bond donors (Lipinski definition) is 2. The van der Waals surface area contributed by atoms with Crippen LogP contribution in [0.2, 0.25) is 0 Å². The molecular weight excluding hydrogens is 314 g/mol. The van der Waals surface area contributed by atoms with Crippen molar-refractivity contribution < 1.29 is 9.59 Å². The molecule has 1 saturated heterocycles. The van der Waals surface area contributed by atoms with Gasteiger partial charge < -0.3 is 16.0 Å². The molecule has 1 fully saturated rings. The van der Waals surface area contributed by atoms with E-state index in [1.165, 1.54) is 0 Å². The van der Waals surface area contributed by atoms with Gasteiger partial charge in [-0.3, -0.25) is 9.59 Å². The third kappa shape index (κ3) is 4.69. The summed E-state index contributed by atoms with van der Waals surface area (Å²) in [7, 11) is 0. The Balaban J connectivity index is 0.00000264. The molecule has 1 aromatic carbocycles. The maximum atomic E-state index is 12.3. The number of amides is 2. The van der Waals surface area contributed by atoms with Crippen molar-refractivity contribution >= 4 is 29.9 Å². The van der Waals surface area contributed by atoms with E-state index in [9.17, 15) is 9.59 Å². The lowest BCUT2D eigenvalue weighted by Gasteiger charge is -2.20. The molecule has 1 heterocycles. The Morgan fingerprint density at radius 3 is 2.78 bits per heavy atom. The minimum absolute atomic E-state index is 0. The van der Waals surface area contributed by atoms with E-state index in [1.54, 1.807) is 4.90 Å². The molecule has 3 N–H and O–H groups in total. The molecule has 128 valence electrons. The van der Waals surface area contributed by atoms with Crippen molar-refractivity contribution in [3.63, 3.8) is 0 Å². The Labute approximate surface area is 144 Å². The normalized spacial score (nSPS) is 18.5. The van der Waals surface area contributed by atoms with E-state index in [1.807, 2.05) is 39.0 Å².